The minimum Gasteiger partial charge on any atom is -0.507 e. The van der Waals surface area contributed by atoms with Gasteiger partial charge >= 0.3 is 0 Å². The maximum absolute atomic E-state index is 13.1. The number of rotatable bonds is 6. The van der Waals surface area contributed by atoms with Crippen LogP contribution in [0.2, 0.25) is 0 Å². The van der Waals surface area contributed by atoms with Gasteiger partial charge in [0, 0.05) is 16.5 Å². The quantitative estimate of drug-likeness (QED) is 0.269. The van der Waals surface area contributed by atoms with Crippen molar-refractivity contribution in [3.8, 4) is 5.75 Å². The lowest BCUT2D eigenvalue weighted by Gasteiger charge is -2.18. The van der Waals surface area contributed by atoms with Crippen LogP contribution < -0.4 is 16.3 Å². The van der Waals surface area contributed by atoms with E-state index in [-0.39, 0.29) is 11.4 Å². The number of hydrazone groups is 1. The van der Waals surface area contributed by atoms with Gasteiger partial charge in [-0.3, -0.25) is 14.4 Å². The number of nitrogens with zero attached hydrogens (tertiary/aromatic N) is 2. The molecule has 2 amide bonds. The molecule has 0 fully saturated rings. The molecule has 1 atom stereocenters. The minimum absolute atomic E-state index is 0.00211. The number of benzene rings is 3. The first-order valence-corrected chi connectivity index (χ1v) is 9.99. The predicted octanol–water partition coefficient (Wildman–Crippen LogP) is 2.25. The summed E-state index contributed by atoms with van der Waals surface area (Å²) in [6, 6.07) is 20.3. The fraction of sp³-hybridized carbons (Fsp3) is 0.0417. The predicted molar refractivity (Wildman–Crippen MR) is 123 cm³/mol. The first-order valence-electron chi connectivity index (χ1n) is 9.99. The highest BCUT2D eigenvalue weighted by Crippen LogP contribution is 2.20. The van der Waals surface area contributed by atoms with Crippen molar-refractivity contribution in [2.24, 2.45) is 5.10 Å². The first-order chi connectivity index (χ1) is 16.0. The molecule has 164 valence electrons. The molecule has 0 aliphatic rings. The molecule has 33 heavy (non-hydrogen) atoms. The van der Waals surface area contributed by atoms with Gasteiger partial charge < -0.3 is 10.4 Å². The summed E-state index contributed by atoms with van der Waals surface area (Å²) in [6.45, 7) is 0. The molecule has 1 aromatic heterocycles. The molecule has 9 heteroatoms. The van der Waals surface area contributed by atoms with Crippen LogP contribution in [0.5, 0.6) is 5.75 Å². The summed E-state index contributed by atoms with van der Waals surface area (Å²) in [4.78, 5) is 38.1. The van der Waals surface area contributed by atoms with Crippen molar-refractivity contribution in [2.75, 3.05) is 0 Å². The number of H-pyrrole nitrogens is 1. The highest BCUT2D eigenvalue weighted by molar-refractivity contribution is 5.99. The molecule has 9 nitrogen and oxygen atoms in total. The van der Waals surface area contributed by atoms with Crippen LogP contribution in [0, 0.1) is 0 Å². The van der Waals surface area contributed by atoms with E-state index >= 15 is 0 Å². The van der Waals surface area contributed by atoms with Gasteiger partial charge in [-0.25, -0.2) is 10.5 Å². The van der Waals surface area contributed by atoms with Gasteiger partial charge in [0.2, 0.25) is 0 Å². The van der Waals surface area contributed by atoms with E-state index in [0.717, 1.165) is 0 Å². The second-order valence-corrected chi connectivity index (χ2v) is 7.05. The number of amides is 2. The average molecular weight is 441 g/mol. The largest absolute Gasteiger partial charge is 0.507 e. The number of aromatic amines is 1. The Labute approximate surface area is 187 Å². The third-order valence-electron chi connectivity index (χ3n) is 4.89. The third kappa shape index (κ3) is 4.77. The van der Waals surface area contributed by atoms with Gasteiger partial charge in [0.25, 0.3) is 17.4 Å². The lowest BCUT2D eigenvalue weighted by molar-refractivity contribution is -0.123. The number of para-hydroxylation sites is 1. The highest BCUT2D eigenvalue weighted by atomic mass is 16.3. The van der Waals surface area contributed by atoms with Crippen molar-refractivity contribution in [3.63, 3.8) is 0 Å². The molecular formula is C24H19N5O4. The van der Waals surface area contributed by atoms with E-state index in [1.807, 2.05) is 0 Å². The molecule has 0 spiro atoms. The molecule has 0 aliphatic carbocycles. The molecule has 0 saturated heterocycles. The monoisotopic (exact) mass is 441 g/mol. The second kappa shape index (κ2) is 9.56. The van der Waals surface area contributed by atoms with Crippen LogP contribution in [0.1, 0.15) is 27.7 Å². The van der Waals surface area contributed by atoms with Crippen LogP contribution in [0.4, 0.5) is 0 Å². The number of aromatic nitrogens is 2. The van der Waals surface area contributed by atoms with Crippen LogP contribution in [-0.2, 0) is 4.79 Å². The van der Waals surface area contributed by atoms with E-state index in [2.05, 4.69) is 26.0 Å². The Hall–Kier alpha value is -4.79. The summed E-state index contributed by atoms with van der Waals surface area (Å²) < 4.78 is 0. The van der Waals surface area contributed by atoms with Crippen LogP contribution in [0.15, 0.2) is 88.8 Å². The van der Waals surface area contributed by atoms with E-state index in [4.69, 9.17) is 0 Å². The Bertz CT molecular complexity index is 1400. The molecule has 0 radical (unpaired) electrons. The topological polar surface area (TPSA) is 137 Å². The number of carbonyl (C=O) groups is 2. The van der Waals surface area contributed by atoms with Crippen molar-refractivity contribution < 1.29 is 14.7 Å². The second-order valence-electron chi connectivity index (χ2n) is 7.05. The number of aromatic hydroxyl groups is 1. The highest BCUT2D eigenvalue weighted by Gasteiger charge is 2.27. The SMILES string of the molecule is O=C(N[C@H](C(=O)N/N=C\c1ccccc1O)c1n[nH]c(=O)c2ccccc12)c1ccccc1. The summed E-state index contributed by atoms with van der Waals surface area (Å²) in [5, 5.41) is 23.6. The molecule has 0 saturated carbocycles. The number of carbonyl (C=O) groups excluding carboxylic acids is 2. The Morgan fingerprint density at radius 2 is 1.61 bits per heavy atom. The van der Waals surface area contributed by atoms with Crippen molar-refractivity contribution in [2.45, 2.75) is 6.04 Å². The number of hydrogen-bond donors (Lipinski definition) is 4. The Kier molecular flexibility index (Phi) is 6.21. The van der Waals surface area contributed by atoms with Gasteiger partial charge in [0.05, 0.1) is 11.6 Å². The van der Waals surface area contributed by atoms with Gasteiger partial charge in [0.1, 0.15) is 11.4 Å². The van der Waals surface area contributed by atoms with Crippen LogP contribution >= 0.6 is 0 Å². The maximum atomic E-state index is 13.1. The number of hydrogen-bond acceptors (Lipinski definition) is 6. The van der Waals surface area contributed by atoms with Gasteiger partial charge in [-0.05, 0) is 30.3 Å². The fourth-order valence-corrected chi connectivity index (χ4v) is 3.24. The van der Waals surface area contributed by atoms with Gasteiger partial charge in [0.15, 0.2) is 6.04 Å². The molecule has 3 aromatic carbocycles. The number of nitrogens with one attached hydrogen (secondary N) is 3. The molecule has 1 heterocycles. The first kappa shape index (κ1) is 21.4. The summed E-state index contributed by atoms with van der Waals surface area (Å²) in [5.74, 6) is -1.19. The summed E-state index contributed by atoms with van der Waals surface area (Å²) in [6.07, 6.45) is 1.28. The third-order valence-corrected chi connectivity index (χ3v) is 4.89. The molecule has 4 rings (SSSR count). The molecule has 0 aliphatic heterocycles. The van der Waals surface area contributed by atoms with E-state index in [1.54, 1.807) is 72.8 Å². The van der Waals surface area contributed by atoms with Crippen molar-refractivity contribution in [1.29, 1.82) is 0 Å². The van der Waals surface area contributed by atoms with Gasteiger partial charge in [-0.15, -0.1) is 0 Å². The summed E-state index contributed by atoms with van der Waals surface area (Å²) >= 11 is 0. The van der Waals surface area contributed by atoms with Crippen molar-refractivity contribution >= 4 is 28.8 Å². The van der Waals surface area contributed by atoms with E-state index in [0.29, 0.717) is 21.9 Å². The molecular weight excluding hydrogens is 422 g/mol. The standard InChI is InChI=1S/C24H19N5O4/c30-19-13-7-4-10-16(19)14-25-28-24(33)21(26-22(31)15-8-2-1-3-9-15)20-17-11-5-6-12-18(17)23(32)29-27-20/h1-14,21,30H,(H,26,31)(H,28,33)(H,29,32)/b25-14-/t21-/m0/s1. The summed E-state index contributed by atoms with van der Waals surface area (Å²) in [7, 11) is 0. The zero-order chi connectivity index (χ0) is 23.2. The van der Waals surface area contributed by atoms with Crippen LogP contribution in [0.25, 0.3) is 10.8 Å². The maximum Gasteiger partial charge on any atom is 0.272 e. The normalized spacial score (nSPS) is 11.9. The smallest absolute Gasteiger partial charge is 0.272 e. The molecule has 0 bridgehead atoms. The minimum atomic E-state index is -1.26. The van der Waals surface area contributed by atoms with E-state index in [9.17, 15) is 19.5 Å². The Morgan fingerprint density at radius 3 is 2.36 bits per heavy atom. The van der Waals surface area contributed by atoms with Crippen LogP contribution in [-0.4, -0.2) is 33.3 Å². The van der Waals surface area contributed by atoms with E-state index < -0.39 is 23.4 Å². The average Bonchev–Trinajstić information content (AvgIpc) is 2.85. The number of phenolic OH excluding ortho intramolecular Hbond substituents is 1. The fourth-order valence-electron chi connectivity index (χ4n) is 3.24. The van der Waals surface area contributed by atoms with Gasteiger partial charge in [-0.1, -0.05) is 48.5 Å². The number of phenols is 1. The lowest BCUT2D eigenvalue weighted by atomic mass is 10.0. The van der Waals surface area contributed by atoms with Gasteiger partial charge in [-0.2, -0.15) is 10.2 Å². The van der Waals surface area contributed by atoms with Crippen molar-refractivity contribution in [1.82, 2.24) is 20.9 Å². The zero-order valence-corrected chi connectivity index (χ0v) is 17.2. The Morgan fingerprint density at radius 1 is 0.939 bits per heavy atom. The Balaban J connectivity index is 1.68. The lowest BCUT2D eigenvalue weighted by Crippen LogP contribution is -2.40. The molecule has 0 unspecified atom stereocenters. The molecule has 4 N–H and O–H groups in total. The van der Waals surface area contributed by atoms with Crippen molar-refractivity contribution in [3.05, 3.63) is 106 Å². The van der Waals surface area contributed by atoms with E-state index in [1.165, 1.54) is 12.3 Å². The molecule has 4 aromatic rings. The summed E-state index contributed by atoms with van der Waals surface area (Å²) in [5.41, 5.74) is 2.85. The van der Waals surface area contributed by atoms with Crippen LogP contribution in [0.3, 0.4) is 0 Å². The number of fused-ring (bicyclic) bond motifs is 1. The zero-order valence-electron chi connectivity index (χ0n) is 17.2.